The maximum atomic E-state index is 11.3. The minimum Gasteiger partial charge on any atom is -0.304 e. The topological polar surface area (TPSA) is 38.8 Å². The van der Waals surface area contributed by atoms with E-state index in [9.17, 15) is 4.57 Å². The Morgan fingerprint density at radius 2 is 1.82 bits per heavy atom. The van der Waals surface area contributed by atoms with Crippen molar-refractivity contribution in [1.82, 2.24) is 4.90 Å². The van der Waals surface area contributed by atoms with E-state index in [0.717, 1.165) is 0 Å². The predicted molar refractivity (Wildman–Crippen MR) is 47.8 cm³/mol. The zero-order valence-electron chi connectivity index (χ0n) is 7.23. The molecule has 68 valence electrons. The molecule has 0 heterocycles. The largest absolute Gasteiger partial charge is 0.389 e. The van der Waals surface area contributed by atoms with Crippen LogP contribution in [-0.2, 0) is 13.6 Å². The van der Waals surface area contributed by atoms with E-state index in [1.807, 2.05) is 19.0 Å². The predicted octanol–water partition coefficient (Wildman–Crippen LogP) is 1.64. The van der Waals surface area contributed by atoms with E-state index < -0.39 is 6.80 Å². The number of rotatable bonds is 5. The zero-order valence-corrected chi connectivity index (χ0v) is 8.95. The third-order valence-corrected chi connectivity index (χ3v) is 4.95. The fourth-order valence-electron chi connectivity index (χ4n) is 0.366. The van der Waals surface area contributed by atoms with Crippen molar-refractivity contribution < 1.29 is 13.6 Å². The molecule has 0 aromatic heterocycles. The van der Waals surface area contributed by atoms with Crippen LogP contribution >= 0.6 is 18.2 Å². The molecular weight excluding hydrogens is 185 g/mol. The summed E-state index contributed by atoms with van der Waals surface area (Å²) in [6.07, 6.45) is 0. The standard InChI is InChI=1S/C5H14NO3PS/c1-6(2)5-11-10(7,8-3)9-4/h5H2,1-4H3. The van der Waals surface area contributed by atoms with E-state index in [0.29, 0.717) is 5.88 Å². The van der Waals surface area contributed by atoms with Crippen LogP contribution in [-0.4, -0.2) is 39.1 Å². The average Bonchev–Trinajstić information content (AvgIpc) is 2.00. The van der Waals surface area contributed by atoms with Gasteiger partial charge in [-0.05, 0) is 25.5 Å². The third-order valence-electron chi connectivity index (χ3n) is 0.921. The minimum absolute atomic E-state index is 0.624. The summed E-state index contributed by atoms with van der Waals surface area (Å²) in [5, 5.41) is 0. The number of nitrogens with zero attached hydrogens (tertiary/aromatic N) is 1. The Hall–Kier alpha value is 0.460. The molecule has 0 bridgehead atoms. The van der Waals surface area contributed by atoms with Gasteiger partial charge in [0.15, 0.2) is 0 Å². The van der Waals surface area contributed by atoms with Gasteiger partial charge in [0, 0.05) is 14.2 Å². The van der Waals surface area contributed by atoms with E-state index in [-0.39, 0.29) is 0 Å². The van der Waals surface area contributed by atoms with Crippen molar-refractivity contribution in [2.24, 2.45) is 0 Å². The van der Waals surface area contributed by atoms with Crippen LogP contribution < -0.4 is 0 Å². The molecule has 0 saturated carbocycles. The normalized spacial score (nSPS) is 12.5. The van der Waals surface area contributed by atoms with Gasteiger partial charge in [0.1, 0.15) is 0 Å². The lowest BCUT2D eigenvalue weighted by Gasteiger charge is -2.14. The van der Waals surface area contributed by atoms with Crippen molar-refractivity contribution in [3.63, 3.8) is 0 Å². The van der Waals surface area contributed by atoms with Gasteiger partial charge in [-0.25, -0.2) is 4.57 Å². The van der Waals surface area contributed by atoms with Crippen LogP contribution in [0, 0.1) is 0 Å². The molecule has 0 spiro atoms. The van der Waals surface area contributed by atoms with Gasteiger partial charge in [0.2, 0.25) is 0 Å². The second kappa shape index (κ2) is 5.17. The first-order valence-electron chi connectivity index (χ1n) is 3.05. The molecule has 0 unspecified atom stereocenters. The fraction of sp³-hybridized carbons (Fsp3) is 1.00. The van der Waals surface area contributed by atoms with E-state index in [4.69, 9.17) is 9.05 Å². The molecule has 0 aliphatic heterocycles. The second-order valence-corrected chi connectivity index (χ2v) is 6.41. The smallest absolute Gasteiger partial charge is 0.304 e. The number of hydrogen-bond donors (Lipinski definition) is 0. The molecule has 0 radical (unpaired) electrons. The Morgan fingerprint density at radius 1 is 1.36 bits per heavy atom. The van der Waals surface area contributed by atoms with Crippen molar-refractivity contribution in [2.45, 2.75) is 0 Å². The third kappa shape index (κ3) is 4.82. The Labute approximate surface area is 71.5 Å². The van der Waals surface area contributed by atoms with Crippen molar-refractivity contribution in [3.8, 4) is 0 Å². The van der Waals surface area contributed by atoms with Gasteiger partial charge in [-0.1, -0.05) is 0 Å². The zero-order chi connectivity index (χ0) is 8.91. The van der Waals surface area contributed by atoms with E-state index in [1.54, 1.807) is 0 Å². The highest BCUT2D eigenvalue weighted by molar-refractivity contribution is 8.55. The summed E-state index contributed by atoms with van der Waals surface area (Å²) in [5.74, 6) is 0.624. The highest BCUT2D eigenvalue weighted by Crippen LogP contribution is 2.59. The molecule has 0 N–H and O–H groups in total. The lowest BCUT2D eigenvalue weighted by Crippen LogP contribution is -2.09. The summed E-state index contributed by atoms with van der Waals surface area (Å²) in [4.78, 5) is 1.90. The summed E-state index contributed by atoms with van der Waals surface area (Å²) in [6, 6.07) is 0. The SMILES string of the molecule is COP(=O)(OC)SCN(C)C. The van der Waals surface area contributed by atoms with E-state index >= 15 is 0 Å². The van der Waals surface area contributed by atoms with Gasteiger partial charge in [-0.2, -0.15) is 0 Å². The second-order valence-electron chi connectivity index (χ2n) is 2.15. The Morgan fingerprint density at radius 3 is 2.09 bits per heavy atom. The van der Waals surface area contributed by atoms with Gasteiger partial charge in [-0.15, -0.1) is 0 Å². The lowest BCUT2D eigenvalue weighted by atomic mass is 11.0. The molecule has 0 amide bonds. The highest BCUT2D eigenvalue weighted by Gasteiger charge is 2.21. The first-order valence-corrected chi connectivity index (χ1v) is 6.18. The molecule has 0 saturated heterocycles. The van der Waals surface area contributed by atoms with Gasteiger partial charge < -0.3 is 9.05 Å². The minimum atomic E-state index is -2.86. The summed E-state index contributed by atoms with van der Waals surface area (Å²) >= 11 is 1.17. The maximum Gasteiger partial charge on any atom is 0.389 e. The average molecular weight is 199 g/mol. The van der Waals surface area contributed by atoms with E-state index in [1.165, 1.54) is 25.6 Å². The van der Waals surface area contributed by atoms with Gasteiger partial charge in [0.05, 0.1) is 5.88 Å². The number of hydrogen-bond acceptors (Lipinski definition) is 5. The van der Waals surface area contributed by atoms with Crippen LogP contribution in [0.3, 0.4) is 0 Å². The highest BCUT2D eigenvalue weighted by atomic mass is 32.7. The first-order chi connectivity index (χ1) is 5.04. The van der Waals surface area contributed by atoms with Crippen molar-refractivity contribution in [1.29, 1.82) is 0 Å². The molecule has 0 rings (SSSR count). The first kappa shape index (κ1) is 11.5. The summed E-state index contributed by atoms with van der Waals surface area (Å²) in [7, 11) is 6.55. The van der Waals surface area contributed by atoms with Crippen molar-refractivity contribution in [3.05, 3.63) is 0 Å². The van der Waals surface area contributed by atoms with Crippen LogP contribution in [0.4, 0.5) is 0 Å². The fourth-order valence-corrected chi connectivity index (χ4v) is 2.85. The Bertz CT molecular complexity index is 145. The van der Waals surface area contributed by atoms with Crippen LogP contribution in [0.1, 0.15) is 0 Å². The molecule has 0 atom stereocenters. The molecule has 0 aliphatic carbocycles. The molecule has 0 aliphatic rings. The monoisotopic (exact) mass is 199 g/mol. The van der Waals surface area contributed by atoms with Crippen LogP contribution in [0.5, 0.6) is 0 Å². The van der Waals surface area contributed by atoms with Crippen molar-refractivity contribution >= 4 is 18.2 Å². The molecular formula is C5H14NO3PS. The molecule has 0 fully saturated rings. The van der Waals surface area contributed by atoms with Gasteiger partial charge in [-0.3, -0.25) is 4.90 Å². The molecule has 0 aromatic rings. The Kier molecular flexibility index (Phi) is 5.38. The molecule has 11 heavy (non-hydrogen) atoms. The Balaban J connectivity index is 3.79. The van der Waals surface area contributed by atoms with Crippen molar-refractivity contribution in [2.75, 3.05) is 34.2 Å². The molecule has 6 heteroatoms. The van der Waals surface area contributed by atoms with Crippen LogP contribution in [0.25, 0.3) is 0 Å². The lowest BCUT2D eigenvalue weighted by molar-refractivity contribution is 0.295. The summed E-state index contributed by atoms with van der Waals surface area (Å²) in [6.45, 7) is -2.86. The van der Waals surface area contributed by atoms with E-state index in [2.05, 4.69) is 0 Å². The molecule has 0 aromatic carbocycles. The quantitative estimate of drug-likeness (QED) is 0.497. The van der Waals surface area contributed by atoms with Gasteiger partial charge in [0.25, 0.3) is 0 Å². The van der Waals surface area contributed by atoms with Gasteiger partial charge >= 0.3 is 6.80 Å². The summed E-state index contributed by atoms with van der Waals surface area (Å²) in [5.41, 5.74) is 0. The molecule has 4 nitrogen and oxygen atoms in total. The summed E-state index contributed by atoms with van der Waals surface area (Å²) < 4.78 is 20.8. The maximum absolute atomic E-state index is 11.3. The van der Waals surface area contributed by atoms with Crippen LogP contribution in [0.2, 0.25) is 0 Å². The van der Waals surface area contributed by atoms with Crippen LogP contribution in [0.15, 0.2) is 0 Å².